The van der Waals surface area contributed by atoms with E-state index in [0.29, 0.717) is 6.20 Å². The molecule has 0 aliphatic carbocycles. The van der Waals surface area contributed by atoms with Crippen LogP contribution in [0.2, 0.25) is 0 Å². The summed E-state index contributed by atoms with van der Waals surface area (Å²) in [5.74, 6) is -6.38. The summed E-state index contributed by atoms with van der Waals surface area (Å²) >= 11 is 0. The van der Waals surface area contributed by atoms with Gasteiger partial charge in [0.15, 0.2) is 5.82 Å². The van der Waals surface area contributed by atoms with Gasteiger partial charge in [-0.25, -0.2) is 9.37 Å². The Hall–Kier alpha value is -1.59. The van der Waals surface area contributed by atoms with Crippen LogP contribution in [0.1, 0.15) is 6.92 Å². The predicted molar refractivity (Wildman–Crippen MR) is 35.4 cm³/mol. The largest absolute Gasteiger partial charge is 0.419 e. The van der Waals surface area contributed by atoms with Gasteiger partial charge in [0, 0.05) is 6.92 Å². The lowest BCUT2D eigenvalue weighted by atomic mass is 10.4. The zero-order valence-electron chi connectivity index (χ0n) is 6.47. The zero-order valence-corrected chi connectivity index (χ0v) is 6.47. The Morgan fingerprint density at radius 3 is 2.62 bits per heavy atom. The molecule has 0 radical (unpaired) electrons. The molecule has 0 unspecified atom stereocenters. The summed E-state index contributed by atoms with van der Waals surface area (Å²) in [6.45, 7) is 0.934. The molecule has 0 aromatic carbocycles. The fourth-order valence-electron chi connectivity index (χ4n) is 0.658. The summed E-state index contributed by atoms with van der Waals surface area (Å²) in [6, 6.07) is 0. The molecule has 0 aliphatic rings. The Morgan fingerprint density at radius 2 is 2.08 bits per heavy atom. The number of aromatic nitrogens is 1. The number of pyridine rings is 1. The summed E-state index contributed by atoms with van der Waals surface area (Å²) in [5.41, 5.74) is 0. The van der Waals surface area contributed by atoms with Crippen molar-refractivity contribution in [1.82, 2.24) is 4.98 Å². The first kappa shape index (κ1) is 9.50. The molecule has 0 aliphatic heterocycles. The standard InChI is InChI=1S/C7H4F3NO2/c1-3(12)13-6-5(9)4(8)2-11-7(6)10/h2H,1H3. The Labute approximate surface area is 71.2 Å². The van der Waals surface area contributed by atoms with Crippen LogP contribution in [0, 0.1) is 17.6 Å². The van der Waals surface area contributed by atoms with E-state index in [4.69, 9.17) is 0 Å². The fourth-order valence-corrected chi connectivity index (χ4v) is 0.658. The molecule has 0 saturated heterocycles. The molecule has 1 heterocycles. The average Bonchev–Trinajstić information content (AvgIpc) is 2.05. The normalized spacial score (nSPS) is 9.85. The van der Waals surface area contributed by atoms with Gasteiger partial charge in [-0.15, -0.1) is 0 Å². The van der Waals surface area contributed by atoms with E-state index in [9.17, 15) is 18.0 Å². The number of hydrogen-bond donors (Lipinski definition) is 0. The van der Waals surface area contributed by atoms with Gasteiger partial charge in [0.1, 0.15) is 0 Å². The molecule has 0 saturated carbocycles. The topological polar surface area (TPSA) is 39.2 Å². The maximum atomic E-state index is 12.7. The fraction of sp³-hybridized carbons (Fsp3) is 0.143. The van der Waals surface area contributed by atoms with Crippen LogP contribution < -0.4 is 4.74 Å². The van der Waals surface area contributed by atoms with Crippen molar-refractivity contribution in [3.8, 4) is 5.75 Å². The highest BCUT2D eigenvalue weighted by molar-refractivity contribution is 5.69. The van der Waals surface area contributed by atoms with E-state index < -0.39 is 29.3 Å². The molecule has 0 spiro atoms. The second-order valence-electron chi connectivity index (χ2n) is 2.13. The minimum absolute atomic E-state index is 0.359. The van der Waals surface area contributed by atoms with Crippen molar-refractivity contribution in [2.24, 2.45) is 0 Å². The molecule has 70 valence electrons. The van der Waals surface area contributed by atoms with E-state index in [1.54, 1.807) is 0 Å². The number of carbonyl (C=O) groups is 1. The molecule has 0 amide bonds. The summed E-state index contributed by atoms with van der Waals surface area (Å²) in [7, 11) is 0. The van der Waals surface area contributed by atoms with E-state index in [1.165, 1.54) is 0 Å². The van der Waals surface area contributed by atoms with Gasteiger partial charge in [-0.2, -0.15) is 8.78 Å². The van der Waals surface area contributed by atoms with Crippen LogP contribution in [0.25, 0.3) is 0 Å². The van der Waals surface area contributed by atoms with Gasteiger partial charge in [0.25, 0.3) is 5.95 Å². The third kappa shape index (κ3) is 1.95. The molecule has 6 heteroatoms. The molecule has 0 N–H and O–H groups in total. The van der Waals surface area contributed by atoms with Crippen LogP contribution >= 0.6 is 0 Å². The SMILES string of the molecule is CC(=O)Oc1c(F)ncc(F)c1F. The second-order valence-corrected chi connectivity index (χ2v) is 2.13. The first-order valence-corrected chi connectivity index (χ1v) is 3.20. The molecular weight excluding hydrogens is 187 g/mol. The summed E-state index contributed by atoms with van der Waals surface area (Å²) in [4.78, 5) is 13.2. The lowest BCUT2D eigenvalue weighted by Gasteiger charge is -2.02. The van der Waals surface area contributed by atoms with E-state index in [-0.39, 0.29) is 0 Å². The number of nitrogens with zero attached hydrogens (tertiary/aromatic N) is 1. The summed E-state index contributed by atoms with van der Waals surface area (Å²) in [6.07, 6.45) is 0.359. The molecule has 3 nitrogen and oxygen atoms in total. The minimum Gasteiger partial charge on any atom is -0.419 e. The van der Waals surface area contributed by atoms with Crippen LogP contribution in [-0.2, 0) is 4.79 Å². The van der Waals surface area contributed by atoms with E-state index >= 15 is 0 Å². The monoisotopic (exact) mass is 191 g/mol. The van der Waals surface area contributed by atoms with E-state index in [0.717, 1.165) is 6.92 Å². The quantitative estimate of drug-likeness (QED) is 0.497. The Balaban J connectivity index is 3.17. The lowest BCUT2D eigenvalue weighted by molar-refractivity contribution is -0.132. The summed E-state index contributed by atoms with van der Waals surface area (Å²) < 4.78 is 41.8. The number of halogens is 3. The molecule has 13 heavy (non-hydrogen) atoms. The average molecular weight is 191 g/mol. The maximum absolute atomic E-state index is 12.7. The lowest BCUT2D eigenvalue weighted by Crippen LogP contribution is -2.07. The van der Waals surface area contributed by atoms with Gasteiger partial charge in [-0.1, -0.05) is 0 Å². The first-order valence-electron chi connectivity index (χ1n) is 3.20. The van der Waals surface area contributed by atoms with Crippen molar-refractivity contribution in [1.29, 1.82) is 0 Å². The molecule has 0 bridgehead atoms. The van der Waals surface area contributed by atoms with Crippen LogP contribution in [0.4, 0.5) is 13.2 Å². The Morgan fingerprint density at radius 1 is 1.46 bits per heavy atom. The third-order valence-corrected chi connectivity index (χ3v) is 1.13. The van der Waals surface area contributed by atoms with E-state index in [2.05, 4.69) is 9.72 Å². The number of carbonyl (C=O) groups excluding carboxylic acids is 1. The van der Waals surface area contributed by atoms with Gasteiger partial charge in [0.05, 0.1) is 6.20 Å². The highest BCUT2D eigenvalue weighted by Gasteiger charge is 2.17. The smallest absolute Gasteiger partial charge is 0.308 e. The van der Waals surface area contributed by atoms with Crippen LogP contribution in [0.15, 0.2) is 6.20 Å². The Kier molecular flexibility index (Phi) is 2.50. The van der Waals surface area contributed by atoms with Crippen molar-refractivity contribution in [3.05, 3.63) is 23.8 Å². The predicted octanol–water partition coefficient (Wildman–Crippen LogP) is 1.42. The number of esters is 1. The first-order chi connectivity index (χ1) is 6.02. The number of ether oxygens (including phenoxy) is 1. The molecule has 1 aromatic rings. The highest BCUT2D eigenvalue weighted by Crippen LogP contribution is 2.21. The summed E-state index contributed by atoms with van der Waals surface area (Å²) in [5, 5.41) is 0. The van der Waals surface area contributed by atoms with Gasteiger partial charge in [0.2, 0.25) is 11.6 Å². The molecule has 1 rings (SSSR count). The van der Waals surface area contributed by atoms with Crippen LogP contribution in [-0.4, -0.2) is 11.0 Å². The van der Waals surface area contributed by atoms with Crippen molar-refractivity contribution < 1.29 is 22.7 Å². The van der Waals surface area contributed by atoms with Crippen molar-refractivity contribution in [2.75, 3.05) is 0 Å². The minimum atomic E-state index is -1.57. The maximum Gasteiger partial charge on any atom is 0.308 e. The highest BCUT2D eigenvalue weighted by atomic mass is 19.2. The van der Waals surface area contributed by atoms with Crippen molar-refractivity contribution >= 4 is 5.97 Å². The van der Waals surface area contributed by atoms with Crippen LogP contribution in [0.5, 0.6) is 5.75 Å². The van der Waals surface area contributed by atoms with Crippen molar-refractivity contribution in [3.63, 3.8) is 0 Å². The van der Waals surface area contributed by atoms with Gasteiger partial charge >= 0.3 is 5.97 Å². The third-order valence-electron chi connectivity index (χ3n) is 1.13. The molecule has 0 atom stereocenters. The van der Waals surface area contributed by atoms with Crippen molar-refractivity contribution in [2.45, 2.75) is 6.92 Å². The second kappa shape index (κ2) is 3.42. The van der Waals surface area contributed by atoms with Gasteiger partial charge in [-0.3, -0.25) is 4.79 Å². The number of hydrogen-bond acceptors (Lipinski definition) is 3. The molecular formula is C7H4F3NO2. The van der Waals surface area contributed by atoms with Crippen LogP contribution in [0.3, 0.4) is 0 Å². The number of rotatable bonds is 1. The van der Waals surface area contributed by atoms with Gasteiger partial charge in [-0.05, 0) is 0 Å². The molecule has 1 aromatic heterocycles. The van der Waals surface area contributed by atoms with Gasteiger partial charge < -0.3 is 4.74 Å². The van der Waals surface area contributed by atoms with E-state index in [1.807, 2.05) is 0 Å². The Bertz CT molecular complexity index is 354. The molecule has 0 fully saturated rings. The zero-order chi connectivity index (χ0) is 10.0.